The summed E-state index contributed by atoms with van der Waals surface area (Å²) in [5.41, 5.74) is 9.02. The standard InChI is InChI=1S/C46H38N8O5S5/c1-2-3-4-5-6-13-24-52-44(57)40(63-46(52)58)45-54(51-59-28-55)43(56)36(62-45)25-33-26-47-41(60-33)34-22-23-35(39-38(34)49-64-50-39)42-48-27-37(61-42)29-18-20-32(21-19-29)53(30-14-9-7-10-15-30)31-16-11-8-12-17-31/h7-12,14-23,25-28,51H,2-6,13,24H2,1H3. The van der Waals surface area contributed by atoms with E-state index in [0.29, 0.717) is 33.9 Å². The van der Waals surface area contributed by atoms with Gasteiger partial charge in [-0.1, -0.05) is 87.6 Å². The summed E-state index contributed by atoms with van der Waals surface area (Å²) in [6.45, 7) is 2.58. The largest absolute Gasteiger partial charge is 0.331 e. The minimum absolute atomic E-state index is 0.0857. The number of para-hydroxylation sites is 2. The fourth-order valence-electron chi connectivity index (χ4n) is 7.29. The first-order valence-electron chi connectivity index (χ1n) is 20.5. The van der Waals surface area contributed by atoms with Crippen molar-refractivity contribution in [2.75, 3.05) is 17.0 Å². The minimum Gasteiger partial charge on any atom is -0.331 e. The van der Waals surface area contributed by atoms with Crippen LogP contribution >= 0.6 is 57.5 Å². The van der Waals surface area contributed by atoms with Crippen molar-refractivity contribution < 1.29 is 19.2 Å². The van der Waals surface area contributed by atoms with E-state index in [4.69, 9.17) is 9.82 Å². The monoisotopic (exact) mass is 942 g/mol. The fraction of sp³-hybridized carbons (Fsp3) is 0.174. The first-order chi connectivity index (χ1) is 31.4. The minimum atomic E-state index is -0.560. The Kier molecular flexibility index (Phi) is 13.2. The van der Waals surface area contributed by atoms with Gasteiger partial charge in [-0.15, -0.1) is 39.6 Å². The van der Waals surface area contributed by atoms with Crippen LogP contribution in [-0.2, 0) is 14.4 Å². The molecule has 1 aliphatic heterocycles. The van der Waals surface area contributed by atoms with Crippen molar-refractivity contribution in [2.45, 2.75) is 45.4 Å². The second-order valence-corrected chi connectivity index (χ2v) is 19.2. The number of rotatable bonds is 17. The maximum Gasteiger partial charge on any atom is 0.322 e. The van der Waals surface area contributed by atoms with E-state index in [1.807, 2.05) is 54.7 Å². The van der Waals surface area contributed by atoms with Crippen LogP contribution in [0.3, 0.4) is 0 Å². The van der Waals surface area contributed by atoms with Crippen molar-refractivity contribution in [3.8, 4) is 31.6 Å². The zero-order chi connectivity index (χ0) is 44.0. The molecule has 4 aromatic heterocycles. The number of anilines is 3. The molecule has 0 unspecified atom stereocenters. The molecule has 0 saturated carbocycles. The van der Waals surface area contributed by atoms with Gasteiger partial charge in [-0.05, 0) is 78.4 Å². The lowest BCUT2D eigenvalue weighted by molar-refractivity contribution is -0.127. The van der Waals surface area contributed by atoms with E-state index < -0.39 is 16.7 Å². The lowest BCUT2D eigenvalue weighted by Gasteiger charge is -2.25. The lowest BCUT2D eigenvalue weighted by atomic mass is 10.1. The van der Waals surface area contributed by atoms with Crippen LogP contribution in [0.2, 0.25) is 0 Å². The summed E-state index contributed by atoms with van der Waals surface area (Å²) in [7, 11) is 0. The molecule has 4 aromatic carbocycles. The predicted octanol–water partition coefficient (Wildman–Crippen LogP) is 9.92. The molecule has 0 spiro atoms. The van der Waals surface area contributed by atoms with Gasteiger partial charge in [0.1, 0.15) is 30.6 Å². The van der Waals surface area contributed by atoms with Crippen LogP contribution in [0.4, 0.5) is 21.9 Å². The molecular weight excluding hydrogens is 905 g/mol. The van der Waals surface area contributed by atoms with Crippen molar-refractivity contribution in [1.82, 2.24) is 28.3 Å². The van der Waals surface area contributed by atoms with Gasteiger partial charge >= 0.3 is 6.47 Å². The molecule has 1 fully saturated rings. The van der Waals surface area contributed by atoms with Gasteiger partial charge in [-0.3, -0.25) is 24.1 Å². The number of thiazole rings is 3. The van der Waals surface area contributed by atoms with Crippen LogP contribution in [0.5, 0.6) is 0 Å². The number of hydrogen-bond donors (Lipinski definition) is 1. The van der Waals surface area contributed by atoms with Gasteiger partial charge < -0.3 is 9.74 Å². The average Bonchev–Trinajstić information content (AvgIpc) is 4.19. The molecule has 64 heavy (non-hydrogen) atoms. The van der Waals surface area contributed by atoms with Crippen molar-refractivity contribution in [2.24, 2.45) is 0 Å². The Morgan fingerprint density at radius 3 is 2.02 bits per heavy atom. The second-order valence-electron chi connectivity index (χ2n) is 14.6. The smallest absolute Gasteiger partial charge is 0.322 e. The van der Waals surface area contributed by atoms with E-state index in [1.165, 1.54) is 16.2 Å². The molecule has 5 heterocycles. The molecule has 1 N–H and O–H groups in total. The van der Waals surface area contributed by atoms with Crippen LogP contribution < -0.4 is 25.2 Å². The lowest BCUT2D eigenvalue weighted by Crippen LogP contribution is -2.39. The number of nitrogens with zero attached hydrogens (tertiary/aromatic N) is 7. The molecule has 13 nitrogen and oxygen atoms in total. The van der Waals surface area contributed by atoms with Gasteiger partial charge in [-0.2, -0.15) is 13.4 Å². The molecule has 322 valence electrons. The van der Waals surface area contributed by atoms with Crippen LogP contribution in [0.1, 0.15) is 50.3 Å². The molecule has 1 saturated heterocycles. The third-order valence-corrected chi connectivity index (χ3v) is 15.2. The highest BCUT2D eigenvalue weighted by Gasteiger charge is 2.36. The SMILES string of the molecule is CCCCCCCCN1C(=O)SC(=c2sc(=Cc3cnc(-c4ccc(-c5ncc(-c6ccc(N(c7ccccc7)c7ccccc7)cc6)s5)c5nsnc45)s3)c(=O)n2NOC=O)C1=O. The Balaban J connectivity index is 0.964. The van der Waals surface area contributed by atoms with Gasteiger partial charge in [-0.25, -0.2) is 9.97 Å². The van der Waals surface area contributed by atoms with Crippen molar-refractivity contribution >= 4 is 114 Å². The number of carbonyl (C=O) groups excluding carboxylic acids is 3. The zero-order valence-corrected chi connectivity index (χ0v) is 38.3. The highest BCUT2D eigenvalue weighted by molar-refractivity contribution is 8.23. The fourth-order valence-corrected chi connectivity index (χ4v) is 11.8. The summed E-state index contributed by atoms with van der Waals surface area (Å²) in [5, 5.41) is 1.08. The molecule has 8 aromatic rings. The van der Waals surface area contributed by atoms with Gasteiger partial charge in [0.2, 0.25) is 0 Å². The number of fused-ring (bicyclic) bond motifs is 1. The Labute approximate surface area is 387 Å². The molecule has 0 bridgehead atoms. The number of unbranched alkanes of at least 4 members (excludes halogenated alkanes) is 5. The number of aromatic nitrogens is 5. The Bertz CT molecular complexity index is 3110. The number of hydrogen-bond acceptors (Lipinski definition) is 16. The number of benzene rings is 4. The quantitative estimate of drug-likeness (QED) is 0.0525. The summed E-state index contributed by atoms with van der Waals surface area (Å²) in [4.78, 5) is 70.7. The molecule has 18 heteroatoms. The van der Waals surface area contributed by atoms with Crippen molar-refractivity contribution in [3.63, 3.8) is 0 Å². The number of thioether (sulfide) groups is 1. The van der Waals surface area contributed by atoms with E-state index >= 15 is 0 Å². The first-order valence-corrected chi connectivity index (χ1v) is 24.5. The summed E-state index contributed by atoms with van der Waals surface area (Å²) in [6.07, 6.45) is 11.3. The van der Waals surface area contributed by atoms with Crippen molar-refractivity contribution in [3.05, 3.63) is 134 Å². The first kappa shape index (κ1) is 43.0. The van der Waals surface area contributed by atoms with Gasteiger partial charge in [0, 0.05) is 52.0 Å². The van der Waals surface area contributed by atoms with E-state index in [1.54, 1.807) is 23.6 Å². The number of amides is 2. The summed E-state index contributed by atoms with van der Waals surface area (Å²) in [5.74, 6) is -0.486. The zero-order valence-electron chi connectivity index (χ0n) is 34.2. The highest BCUT2D eigenvalue weighted by atomic mass is 32.2. The van der Waals surface area contributed by atoms with Gasteiger partial charge in [0.15, 0.2) is 0 Å². The number of nitrogens with one attached hydrogen (secondary N) is 1. The molecule has 0 atom stereocenters. The molecule has 2 amide bonds. The van der Waals surface area contributed by atoms with E-state index in [9.17, 15) is 19.2 Å². The van der Waals surface area contributed by atoms with Crippen molar-refractivity contribution in [1.29, 1.82) is 0 Å². The van der Waals surface area contributed by atoms with E-state index in [2.05, 4.69) is 79.7 Å². The highest BCUT2D eigenvalue weighted by Crippen LogP contribution is 2.41. The third-order valence-electron chi connectivity index (χ3n) is 10.4. The summed E-state index contributed by atoms with van der Waals surface area (Å²) < 4.78 is 10.7. The Morgan fingerprint density at radius 1 is 0.719 bits per heavy atom. The summed E-state index contributed by atoms with van der Waals surface area (Å²) >= 11 is 5.83. The summed E-state index contributed by atoms with van der Waals surface area (Å²) in [6, 6.07) is 33.0. The van der Waals surface area contributed by atoms with Crippen LogP contribution in [0, 0.1) is 0 Å². The number of imide groups is 1. The van der Waals surface area contributed by atoms with Crippen LogP contribution in [-0.4, -0.2) is 52.5 Å². The normalized spacial score (nSPS) is 13.9. The third kappa shape index (κ3) is 8.91. The van der Waals surface area contributed by atoms with E-state index in [0.717, 1.165) is 115 Å². The Hall–Kier alpha value is -6.31. The van der Waals surface area contributed by atoms with Gasteiger partial charge in [0.25, 0.3) is 16.7 Å². The molecule has 0 radical (unpaired) electrons. The Morgan fingerprint density at radius 2 is 1.34 bits per heavy atom. The van der Waals surface area contributed by atoms with E-state index in [-0.39, 0.29) is 20.6 Å². The molecule has 0 aliphatic carbocycles. The molecule has 9 rings (SSSR count). The average molecular weight is 943 g/mol. The predicted molar refractivity (Wildman–Crippen MR) is 259 cm³/mol. The topological polar surface area (TPSA) is 153 Å². The second kappa shape index (κ2) is 19.6. The van der Waals surface area contributed by atoms with Crippen LogP contribution in [0.25, 0.3) is 53.6 Å². The van der Waals surface area contributed by atoms with Gasteiger partial charge in [0.05, 0.1) is 21.1 Å². The maximum atomic E-state index is 13.7. The number of carbonyl (C=O) groups is 3. The van der Waals surface area contributed by atoms with Crippen LogP contribution in [0.15, 0.2) is 114 Å². The molecular formula is C46H38N8O5S5. The molecule has 1 aliphatic rings. The maximum absolute atomic E-state index is 13.7.